The van der Waals surface area contributed by atoms with Crippen LogP contribution in [-0.4, -0.2) is 28.6 Å². The number of hydrogen-bond acceptors (Lipinski definition) is 3. The molecule has 5 nitrogen and oxygen atoms in total. The molecule has 1 heterocycles. The van der Waals surface area contributed by atoms with E-state index in [9.17, 15) is 14.7 Å². The summed E-state index contributed by atoms with van der Waals surface area (Å²) in [6.45, 7) is 5.54. The van der Waals surface area contributed by atoms with Gasteiger partial charge in [-0.3, -0.25) is 9.69 Å². The number of fused-ring (bicyclic) bond motifs is 1. The minimum Gasteiger partial charge on any atom is -0.480 e. The summed E-state index contributed by atoms with van der Waals surface area (Å²) in [5.41, 5.74) is -0.439. The summed E-state index contributed by atoms with van der Waals surface area (Å²) in [4.78, 5) is 25.8. The van der Waals surface area contributed by atoms with Gasteiger partial charge in [0, 0.05) is 0 Å². The van der Waals surface area contributed by atoms with Crippen LogP contribution in [0.1, 0.15) is 40.0 Å². The Hall–Kier alpha value is -2.04. The van der Waals surface area contributed by atoms with E-state index in [2.05, 4.69) is 0 Å². The number of carbonyl (C=O) groups is 2. The highest BCUT2D eigenvalue weighted by Crippen LogP contribution is 2.41. The predicted molar refractivity (Wildman–Crippen MR) is 79.6 cm³/mol. The summed E-state index contributed by atoms with van der Waals surface area (Å²) < 4.78 is 5.95. The molecule has 1 aromatic rings. The van der Waals surface area contributed by atoms with Crippen molar-refractivity contribution in [3.8, 4) is 5.75 Å². The first-order valence-electron chi connectivity index (χ1n) is 7.35. The fraction of sp³-hybridized carbons (Fsp3) is 0.500. The van der Waals surface area contributed by atoms with Gasteiger partial charge in [-0.25, -0.2) is 4.79 Å². The number of amides is 1. The molecule has 1 aliphatic heterocycles. The maximum Gasteiger partial charge on any atom is 0.326 e. The molecule has 0 saturated heterocycles. The van der Waals surface area contributed by atoms with E-state index in [1.54, 1.807) is 25.1 Å². The summed E-state index contributed by atoms with van der Waals surface area (Å²) in [5.74, 6) is -0.690. The minimum atomic E-state index is -0.997. The van der Waals surface area contributed by atoms with Crippen molar-refractivity contribution in [3.05, 3.63) is 24.3 Å². The minimum absolute atomic E-state index is 0.263. The molecule has 21 heavy (non-hydrogen) atoms. The average Bonchev–Trinajstić information content (AvgIpc) is 2.49. The third-order valence-corrected chi connectivity index (χ3v) is 4.16. The Morgan fingerprint density at radius 3 is 2.43 bits per heavy atom. The lowest BCUT2D eigenvalue weighted by molar-refractivity contribution is -0.144. The van der Waals surface area contributed by atoms with Gasteiger partial charge in [-0.15, -0.1) is 0 Å². The van der Waals surface area contributed by atoms with Crippen LogP contribution in [0.4, 0.5) is 5.69 Å². The van der Waals surface area contributed by atoms with Gasteiger partial charge in [0.15, 0.2) is 5.60 Å². The Labute approximate surface area is 124 Å². The van der Waals surface area contributed by atoms with E-state index in [0.717, 1.165) is 0 Å². The number of aliphatic carboxylic acids is 1. The Morgan fingerprint density at radius 1 is 1.29 bits per heavy atom. The maximum absolute atomic E-state index is 12.9. The van der Waals surface area contributed by atoms with Crippen molar-refractivity contribution in [2.24, 2.45) is 0 Å². The van der Waals surface area contributed by atoms with Gasteiger partial charge in [-0.05, 0) is 31.4 Å². The fourth-order valence-corrected chi connectivity index (χ4v) is 2.80. The van der Waals surface area contributed by atoms with Gasteiger partial charge in [0.25, 0.3) is 5.91 Å². The molecule has 0 saturated carbocycles. The van der Waals surface area contributed by atoms with Crippen molar-refractivity contribution in [3.63, 3.8) is 0 Å². The van der Waals surface area contributed by atoms with Gasteiger partial charge in [-0.2, -0.15) is 0 Å². The molecule has 1 unspecified atom stereocenters. The highest BCUT2D eigenvalue weighted by Gasteiger charge is 2.48. The first-order valence-corrected chi connectivity index (χ1v) is 7.35. The summed E-state index contributed by atoms with van der Waals surface area (Å²) in [7, 11) is 0. The molecule has 0 aliphatic carbocycles. The summed E-state index contributed by atoms with van der Waals surface area (Å²) in [5, 5.41) is 9.45. The number of carboxylic acid groups (broad SMARTS) is 1. The van der Waals surface area contributed by atoms with Gasteiger partial charge >= 0.3 is 5.97 Å². The van der Waals surface area contributed by atoms with Crippen LogP contribution < -0.4 is 9.64 Å². The molecule has 1 aromatic carbocycles. The van der Waals surface area contributed by atoms with Gasteiger partial charge in [0.2, 0.25) is 0 Å². The summed E-state index contributed by atoms with van der Waals surface area (Å²) in [6.07, 6.45) is 1.35. The van der Waals surface area contributed by atoms with E-state index in [4.69, 9.17) is 4.74 Å². The van der Waals surface area contributed by atoms with Crippen molar-refractivity contribution in [1.82, 2.24) is 0 Å². The second kappa shape index (κ2) is 5.76. The van der Waals surface area contributed by atoms with Crippen LogP contribution in [-0.2, 0) is 9.59 Å². The first kappa shape index (κ1) is 15.4. The SMILES string of the molecule is CCC(C(=O)O)N1C(=O)C(CC)(CC)Oc2ccccc21. The summed E-state index contributed by atoms with van der Waals surface area (Å²) in [6, 6.07) is 6.24. The summed E-state index contributed by atoms with van der Waals surface area (Å²) >= 11 is 0. The molecule has 1 atom stereocenters. The molecular weight excluding hydrogens is 270 g/mol. The molecule has 1 aliphatic rings. The molecule has 0 spiro atoms. The molecule has 2 rings (SSSR count). The zero-order valence-corrected chi connectivity index (χ0v) is 12.6. The highest BCUT2D eigenvalue weighted by atomic mass is 16.5. The van der Waals surface area contributed by atoms with E-state index < -0.39 is 17.6 Å². The number of ether oxygens (including phenoxy) is 1. The Bertz CT molecular complexity index is 551. The second-order valence-corrected chi connectivity index (χ2v) is 5.21. The highest BCUT2D eigenvalue weighted by molar-refractivity contribution is 6.06. The van der Waals surface area contributed by atoms with Crippen molar-refractivity contribution < 1.29 is 19.4 Å². The lowest BCUT2D eigenvalue weighted by Crippen LogP contribution is -2.60. The Morgan fingerprint density at radius 2 is 1.90 bits per heavy atom. The molecule has 5 heteroatoms. The monoisotopic (exact) mass is 291 g/mol. The standard InChI is InChI=1S/C16H21NO4/c1-4-11(14(18)19)17-12-9-7-8-10-13(12)21-16(5-2,6-3)15(17)20/h7-11H,4-6H2,1-3H3,(H,18,19). The van der Waals surface area contributed by atoms with Crippen LogP contribution >= 0.6 is 0 Å². The second-order valence-electron chi connectivity index (χ2n) is 5.21. The Balaban J connectivity index is 2.60. The van der Waals surface area contributed by atoms with Gasteiger partial charge in [0.05, 0.1) is 5.69 Å². The third-order valence-electron chi connectivity index (χ3n) is 4.16. The number of carboxylic acids is 1. The maximum atomic E-state index is 12.9. The van der Waals surface area contributed by atoms with Crippen LogP contribution in [0.3, 0.4) is 0 Å². The lowest BCUT2D eigenvalue weighted by atomic mass is 9.91. The van der Waals surface area contributed by atoms with E-state index >= 15 is 0 Å². The molecule has 0 aromatic heterocycles. The number of hydrogen-bond donors (Lipinski definition) is 1. The van der Waals surface area contributed by atoms with Crippen molar-refractivity contribution in [2.75, 3.05) is 4.90 Å². The first-order chi connectivity index (χ1) is 10.0. The van der Waals surface area contributed by atoms with E-state index in [-0.39, 0.29) is 5.91 Å². The topological polar surface area (TPSA) is 66.8 Å². The van der Waals surface area contributed by atoms with Crippen LogP contribution in [0.5, 0.6) is 5.75 Å². The average molecular weight is 291 g/mol. The van der Waals surface area contributed by atoms with Gasteiger partial charge < -0.3 is 9.84 Å². The number of rotatable bonds is 5. The van der Waals surface area contributed by atoms with Crippen LogP contribution in [0.25, 0.3) is 0 Å². The smallest absolute Gasteiger partial charge is 0.326 e. The molecular formula is C16H21NO4. The van der Waals surface area contributed by atoms with Crippen LogP contribution in [0.15, 0.2) is 24.3 Å². The van der Waals surface area contributed by atoms with E-state index in [1.165, 1.54) is 4.90 Å². The van der Waals surface area contributed by atoms with Gasteiger partial charge in [0.1, 0.15) is 11.8 Å². The largest absolute Gasteiger partial charge is 0.480 e. The van der Waals surface area contributed by atoms with Crippen molar-refractivity contribution in [2.45, 2.75) is 51.7 Å². The molecule has 0 bridgehead atoms. The third kappa shape index (κ3) is 2.37. The number of benzene rings is 1. The molecule has 0 radical (unpaired) electrons. The van der Waals surface area contributed by atoms with Crippen molar-refractivity contribution in [1.29, 1.82) is 0 Å². The van der Waals surface area contributed by atoms with E-state index in [1.807, 2.05) is 19.9 Å². The number of anilines is 1. The van der Waals surface area contributed by atoms with E-state index in [0.29, 0.717) is 30.7 Å². The van der Waals surface area contributed by atoms with Crippen LogP contribution in [0, 0.1) is 0 Å². The zero-order valence-electron chi connectivity index (χ0n) is 12.6. The fourth-order valence-electron chi connectivity index (χ4n) is 2.80. The lowest BCUT2D eigenvalue weighted by Gasteiger charge is -2.43. The molecule has 0 fully saturated rings. The normalized spacial score (nSPS) is 17.9. The molecule has 1 amide bonds. The zero-order chi connectivity index (χ0) is 15.6. The Kier molecular flexibility index (Phi) is 4.21. The van der Waals surface area contributed by atoms with Crippen LogP contribution in [0.2, 0.25) is 0 Å². The van der Waals surface area contributed by atoms with Crippen molar-refractivity contribution >= 4 is 17.6 Å². The number of para-hydroxylation sites is 2. The number of nitrogens with zero attached hydrogens (tertiary/aromatic N) is 1. The molecule has 1 N–H and O–H groups in total. The van der Waals surface area contributed by atoms with Gasteiger partial charge in [-0.1, -0.05) is 32.9 Å². The number of carbonyl (C=O) groups excluding carboxylic acids is 1. The quantitative estimate of drug-likeness (QED) is 0.906. The predicted octanol–water partition coefficient (Wildman–Crippen LogP) is 2.83. The molecule has 114 valence electrons.